The first-order valence-corrected chi connectivity index (χ1v) is 4.20. The predicted octanol–water partition coefficient (Wildman–Crippen LogP) is 0.849. The van der Waals surface area contributed by atoms with Gasteiger partial charge in [-0.05, 0) is 25.3 Å². The summed E-state index contributed by atoms with van der Waals surface area (Å²) in [6, 6.07) is -0.294. The van der Waals surface area contributed by atoms with E-state index >= 15 is 0 Å². The number of piperidine rings is 1. The van der Waals surface area contributed by atoms with Gasteiger partial charge in [0.25, 0.3) is 0 Å². The Bertz CT molecular complexity index is 139. The summed E-state index contributed by atoms with van der Waals surface area (Å²) in [4.78, 5) is 10.5. The molecular formula is C8H15NO2. The summed E-state index contributed by atoms with van der Waals surface area (Å²) in [6.45, 7) is 3.01. The summed E-state index contributed by atoms with van der Waals surface area (Å²) >= 11 is 0. The van der Waals surface area contributed by atoms with Gasteiger partial charge in [0.2, 0.25) is 0 Å². The zero-order valence-corrected chi connectivity index (χ0v) is 6.84. The topological polar surface area (TPSA) is 49.3 Å². The molecule has 0 aromatic rings. The number of nitrogens with one attached hydrogen (secondary N) is 1. The molecule has 0 bridgehead atoms. The minimum atomic E-state index is -0.709. The van der Waals surface area contributed by atoms with E-state index in [0.717, 1.165) is 25.8 Å². The fourth-order valence-corrected chi connectivity index (χ4v) is 1.47. The molecule has 0 spiro atoms. The van der Waals surface area contributed by atoms with E-state index in [0.29, 0.717) is 5.92 Å². The quantitative estimate of drug-likeness (QED) is 0.624. The molecule has 1 aliphatic rings. The molecule has 0 saturated carbocycles. The number of rotatable bonds is 2. The Kier molecular flexibility index (Phi) is 2.88. The van der Waals surface area contributed by atoms with Crippen LogP contribution in [0.2, 0.25) is 0 Å². The largest absolute Gasteiger partial charge is 0.480 e. The summed E-state index contributed by atoms with van der Waals surface area (Å²) in [5.74, 6) is -0.0230. The zero-order chi connectivity index (χ0) is 8.27. The number of carboxylic acid groups (broad SMARTS) is 1. The normalized spacial score (nSPS) is 31.7. The van der Waals surface area contributed by atoms with Gasteiger partial charge in [-0.2, -0.15) is 0 Å². The third kappa shape index (κ3) is 2.19. The standard InChI is InChI=1S/C8H15NO2/c1-2-6-3-4-7(8(10)11)9-5-6/h6-7,9H,2-5H2,1H3,(H,10,11)/t6-,7+/m1/s1. The Hall–Kier alpha value is -0.570. The Morgan fingerprint density at radius 3 is 2.73 bits per heavy atom. The number of hydrogen-bond acceptors (Lipinski definition) is 2. The molecule has 1 aliphatic heterocycles. The highest BCUT2D eigenvalue weighted by Gasteiger charge is 2.23. The van der Waals surface area contributed by atoms with Crippen molar-refractivity contribution in [1.82, 2.24) is 5.32 Å². The van der Waals surface area contributed by atoms with Gasteiger partial charge in [-0.15, -0.1) is 0 Å². The van der Waals surface area contributed by atoms with E-state index in [-0.39, 0.29) is 6.04 Å². The lowest BCUT2D eigenvalue weighted by Gasteiger charge is -2.26. The summed E-state index contributed by atoms with van der Waals surface area (Å²) in [7, 11) is 0. The van der Waals surface area contributed by atoms with Crippen molar-refractivity contribution in [2.24, 2.45) is 5.92 Å². The number of carbonyl (C=O) groups is 1. The molecule has 1 fully saturated rings. The molecule has 0 unspecified atom stereocenters. The van der Waals surface area contributed by atoms with Crippen molar-refractivity contribution in [1.29, 1.82) is 0 Å². The highest BCUT2D eigenvalue weighted by Crippen LogP contribution is 2.16. The number of hydrogen-bond donors (Lipinski definition) is 2. The zero-order valence-electron chi connectivity index (χ0n) is 6.84. The van der Waals surface area contributed by atoms with Crippen molar-refractivity contribution in [3.63, 3.8) is 0 Å². The molecule has 11 heavy (non-hydrogen) atoms. The molecule has 0 aromatic heterocycles. The van der Waals surface area contributed by atoms with E-state index in [1.807, 2.05) is 0 Å². The monoisotopic (exact) mass is 157 g/mol. The average molecular weight is 157 g/mol. The highest BCUT2D eigenvalue weighted by molar-refractivity contribution is 5.73. The van der Waals surface area contributed by atoms with Gasteiger partial charge in [0.05, 0.1) is 0 Å². The van der Waals surface area contributed by atoms with Crippen molar-refractivity contribution in [2.75, 3.05) is 6.54 Å². The number of carboxylic acids is 1. The van der Waals surface area contributed by atoms with Gasteiger partial charge in [-0.1, -0.05) is 13.3 Å². The maximum atomic E-state index is 10.5. The molecular weight excluding hydrogens is 142 g/mol. The lowest BCUT2D eigenvalue weighted by molar-refractivity contribution is -0.140. The Balaban J connectivity index is 2.30. The first-order chi connectivity index (χ1) is 5.24. The summed E-state index contributed by atoms with van der Waals surface area (Å²) < 4.78 is 0. The minimum absolute atomic E-state index is 0.294. The smallest absolute Gasteiger partial charge is 0.320 e. The van der Waals surface area contributed by atoms with Gasteiger partial charge >= 0.3 is 5.97 Å². The number of aliphatic carboxylic acids is 1. The third-order valence-electron chi connectivity index (χ3n) is 2.39. The van der Waals surface area contributed by atoms with E-state index in [1.165, 1.54) is 0 Å². The van der Waals surface area contributed by atoms with Gasteiger partial charge in [0, 0.05) is 0 Å². The molecule has 1 rings (SSSR count). The maximum Gasteiger partial charge on any atom is 0.320 e. The van der Waals surface area contributed by atoms with E-state index in [4.69, 9.17) is 5.11 Å². The summed E-state index contributed by atoms with van der Waals surface area (Å²) in [5.41, 5.74) is 0. The van der Waals surface area contributed by atoms with E-state index in [2.05, 4.69) is 12.2 Å². The predicted molar refractivity (Wildman–Crippen MR) is 42.4 cm³/mol. The minimum Gasteiger partial charge on any atom is -0.480 e. The first kappa shape index (κ1) is 8.53. The molecule has 0 radical (unpaired) electrons. The molecule has 0 amide bonds. The van der Waals surface area contributed by atoms with Crippen LogP contribution < -0.4 is 5.32 Å². The molecule has 1 saturated heterocycles. The van der Waals surface area contributed by atoms with Crippen LogP contribution in [0.3, 0.4) is 0 Å². The van der Waals surface area contributed by atoms with E-state index in [1.54, 1.807) is 0 Å². The van der Waals surface area contributed by atoms with E-state index in [9.17, 15) is 4.79 Å². The van der Waals surface area contributed by atoms with Gasteiger partial charge in [0.1, 0.15) is 6.04 Å². The molecule has 2 atom stereocenters. The van der Waals surface area contributed by atoms with Crippen molar-refractivity contribution >= 4 is 5.97 Å². The molecule has 64 valence electrons. The molecule has 2 N–H and O–H groups in total. The van der Waals surface area contributed by atoms with Gasteiger partial charge in [-0.3, -0.25) is 4.79 Å². The van der Waals surface area contributed by atoms with Crippen LogP contribution in [0.1, 0.15) is 26.2 Å². The summed E-state index contributed by atoms with van der Waals surface area (Å²) in [5, 5.41) is 11.7. The van der Waals surface area contributed by atoms with Crippen molar-refractivity contribution in [3.05, 3.63) is 0 Å². The second kappa shape index (κ2) is 3.72. The fourth-order valence-electron chi connectivity index (χ4n) is 1.47. The van der Waals surface area contributed by atoms with Crippen LogP contribution in [0.25, 0.3) is 0 Å². The second-order valence-electron chi connectivity index (χ2n) is 3.15. The van der Waals surface area contributed by atoms with Crippen LogP contribution in [-0.2, 0) is 4.79 Å². The average Bonchev–Trinajstić information content (AvgIpc) is 2.05. The third-order valence-corrected chi connectivity index (χ3v) is 2.39. The second-order valence-corrected chi connectivity index (χ2v) is 3.15. The Labute approximate surface area is 66.8 Å². The van der Waals surface area contributed by atoms with Crippen LogP contribution >= 0.6 is 0 Å². The van der Waals surface area contributed by atoms with Crippen LogP contribution in [-0.4, -0.2) is 23.7 Å². The molecule has 3 nitrogen and oxygen atoms in total. The highest BCUT2D eigenvalue weighted by atomic mass is 16.4. The molecule has 0 aliphatic carbocycles. The molecule has 0 aromatic carbocycles. The fraction of sp³-hybridized carbons (Fsp3) is 0.875. The van der Waals surface area contributed by atoms with Gasteiger partial charge in [0.15, 0.2) is 0 Å². The SMILES string of the molecule is CC[C@@H]1CC[C@@H](C(=O)O)NC1. The van der Waals surface area contributed by atoms with E-state index < -0.39 is 5.97 Å². The molecule has 1 heterocycles. The van der Waals surface area contributed by atoms with Crippen molar-refractivity contribution in [2.45, 2.75) is 32.2 Å². The van der Waals surface area contributed by atoms with Crippen LogP contribution in [0.5, 0.6) is 0 Å². The van der Waals surface area contributed by atoms with Crippen LogP contribution in [0.15, 0.2) is 0 Å². The van der Waals surface area contributed by atoms with Crippen LogP contribution in [0.4, 0.5) is 0 Å². The Morgan fingerprint density at radius 1 is 1.64 bits per heavy atom. The Morgan fingerprint density at radius 2 is 2.36 bits per heavy atom. The van der Waals surface area contributed by atoms with Gasteiger partial charge in [-0.25, -0.2) is 0 Å². The summed E-state index contributed by atoms with van der Waals surface area (Å²) in [6.07, 6.45) is 2.99. The van der Waals surface area contributed by atoms with Crippen molar-refractivity contribution < 1.29 is 9.90 Å². The van der Waals surface area contributed by atoms with Crippen molar-refractivity contribution in [3.8, 4) is 0 Å². The molecule has 3 heteroatoms. The van der Waals surface area contributed by atoms with Crippen LogP contribution in [0, 0.1) is 5.92 Å². The first-order valence-electron chi connectivity index (χ1n) is 4.20. The lowest BCUT2D eigenvalue weighted by atomic mass is 9.93. The maximum absolute atomic E-state index is 10.5. The van der Waals surface area contributed by atoms with Gasteiger partial charge < -0.3 is 10.4 Å². The lowest BCUT2D eigenvalue weighted by Crippen LogP contribution is -2.43.